The number of halogens is 1. The summed E-state index contributed by atoms with van der Waals surface area (Å²) in [6.07, 6.45) is 5.44. The molecular formula is C93H83BrN12O3Pt. The van der Waals surface area contributed by atoms with Crippen LogP contribution in [0.25, 0.3) is 17.1 Å². The Labute approximate surface area is 666 Å². The molecule has 0 aliphatic carbocycles. The summed E-state index contributed by atoms with van der Waals surface area (Å²) in [6, 6.07) is 94.4. The van der Waals surface area contributed by atoms with Crippen LogP contribution >= 0.6 is 15.9 Å². The summed E-state index contributed by atoms with van der Waals surface area (Å²) in [5, 5.41) is 23.6. The first kappa shape index (κ1) is 74.9. The van der Waals surface area contributed by atoms with Crippen LogP contribution in [0.4, 0.5) is 51.6 Å². The van der Waals surface area contributed by atoms with E-state index in [0.717, 1.165) is 119 Å². The van der Waals surface area contributed by atoms with Crippen molar-refractivity contribution in [2.24, 2.45) is 0 Å². The van der Waals surface area contributed by atoms with Crippen LogP contribution in [0.15, 0.2) is 284 Å². The predicted octanol–water partition coefficient (Wildman–Crippen LogP) is 23.3. The van der Waals surface area contributed by atoms with Crippen LogP contribution in [0.2, 0.25) is 0 Å². The van der Waals surface area contributed by atoms with Crippen molar-refractivity contribution in [1.82, 2.24) is 44.3 Å². The van der Waals surface area contributed by atoms with Crippen molar-refractivity contribution < 1.29 is 35.6 Å². The Hall–Kier alpha value is -12.0. The summed E-state index contributed by atoms with van der Waals surface area (Å²) < 4.78 is 19.5. The van der Waals surface area contributed by atoms with Gasteiger partial charge >= 0.3 is 21.1 Å². The molecule has 0 amide bonds. The molecule has 17 heteroatoms. The number of ether oxygens (including phenoxy) is 2. The molecule has 6 aromatic heterocycles. The Morgan fingerprint density at radius 1 is 0.345 bits per heavy atom. The summed E-state index contributed by atoms with van der Waals surface area (Å²) in [5.41, 5.74) is 22.4. The average Bonchev–Trinajstić information content (AvgIpc) is 0.815. The summed E-state index contributed by atoms with van der Waals surface area (Å²) in [6.45, 7) is 25.6. The summed E-state index contributed by atoms with van der Waals surface area (Å²) in [4.78, 5) is 20.4. The Morgan fingerprint density at radius 3 is 1.27 bits per heavy atom. The molecular weight excluding hydrogens is 1610 g/mol. The van der Waals surface area contributed by atoms with E-state index >= 15 is 0 Å². The van der Waals surface area contributed by atoms with Gasteiger partial charge in [0.1, 0.15) is 34.7 Å². The molecule has 0 saturated heterocycles. The molecule has 0 radical (unpaired) electrons. The monoisotopic (exact) mass is 1690 g/mol. The number of hydrogen-bond donors (Lipinski definition) is 1. The van der Waals surface area contributed by atoms with E-state index in [2.05, 4.69) is 233 Å². The van der Waals surface area contributed by atoms with E-state index in [1.54, 1.807) is 12.3 Å². The third kappa shape index (κ3) is 14.8. The maximum atomic E-state index is 10.0. The molecule has 3 aliphatic heterocycles. The maximum absolute atomic E-state index is 10.0. The fourth-order valence-corrected chi connectivity index (χ4v) is 15.5. The van der Waals surface area contributed by atoms with E-state index in [-0.39, 0.29) is 43.1 Å². The quantitative estimate of drug-likeness (QED) is 0.130. The Balaban J connectivity index is 0.000000128. The Morgan fingerprint density at radius 2 is 0.764 bits per heavy atom. The summed E-state index contributed by atoms with van der Waals surface area (Å²) >= 11 is 3.45. The number of phenolic OH excluding ortho intramolecular Hbond substituents is 1. The van der Waals surface area contributed by atoms with E-state index in [0.29, 0.717) is 11.5 Å². The van der Waals surface area contributed by atoms with Gasteiger partial charge in [0, 0.05) is 86.4 Å². The fourth-order valence-electron chi connectivity index (χ4n) is 15.1. The molecule has 15 aromatic rings. The molecule has 0 fully saturated rings. The fraction of sp³-hybridized carbons (Fsp3) is 0.161. The summed E-state index contributed by atoms with van der Waals surface area (Å²) in [7, 11) is 0. The van der Waals surface area contributed by atoms with E-state index < -0.39 is 0 Å². The zero-order valence-corrected chi connectivity index (χ0v) is 67.2. The molecule has 0 atom stereocenters. The molecule has 0 spiro atoms. The third-order valence-corrected chi connectivity index (χ3v) is 20.7. The molecule has 110 heavy (non-hydrogen) atoms. The van der Waals surface area contributed by atoms with Crippen molar-refractivity contribution in [2.75, 3.05) is 14.7 Å². The SMILES string of the molecule is CC1(C)c2ccccc2N(c2ccccn2)c2cc(O)ccc21.Cc1cc(C)n(-c2[c-]c(Oc3[c-]c4c(cc3)C(C)(C)c3ccccc3N4c3ccccn3)ccc2)n1.Cc1cc(C)n(-c2cccc(Br)c2)n1.Cc1cc(C)n(-c2cccc(Oc3ccc4c(c3)N(c3ccccn3)c3ccccc3C4(C)C)c2)n1.[Pt+2]. The smallest absolute Gasteiger partial charge is 0.509 e. The van der Waals surface area contributed by atoms with Crippen LogP contribution in [-0.4, -0.2) is 49.4 Å². The third-order valence-electron chi connectivity index (χ3n) is 20.2. The zero-order valence-electron chi connectivity index (χ0n) is 63.4. The molecule has 1 N–H and O–H groups in total. The number of benzene rings is 9. The average molecular weight is 1690 g/mol. The van der Waals surface area contributed by atoms with Crippen LogP contribution in [0, 0.1) is 53.7 Å². The second-order valence-corrected chi connectivity index (χ2v) is 30.0. The van der Waals surface area contributed by atoms with Crippen LogP contribution in [-0.2, 0) is 37.3 Å². The second kappa shape index (κ2) is 30.9. The van der Waals surface area contributed by atoms with Gasteiger partial charge in [-0.25, -0.2) is 24.3 Å². The first-order valence-electron chi connectivity index (χ1n) is 36.4. The van der Waals surface area contributed by atoms with Crippen LogP contribution in [0.1, 0.15) is 109 Å². The molecule has 550 valence electrons. The van der Waals surface area contributed by atoms with Gasteiger partial charge in [0.25, 0.3) is 0 Å². The molecule has 9 aromatic carbocycles. The Kier molecular flexibility index (Phi) is 21.1. The van der Waals surface area contributed by atoms with Crippen molar-refractivity contribution >= 4 is 67.5 Å². The van der Waals surface area contributed by atoms with Crippen LogP contribution in [0.3, 0.4) is 0 Å². The van der Waals surface area contributed by atoms with Gasteiger partial charge in [0.15, 0.2) is 0 Å². The van der Waals surface area contributed by atoms with Crippen molar-refractivity contribution in [2.45, 2.75) is 99.3 Å². The number of aromatic hydroxyl groups is 1. The van der Waals surface area contributed by atoms with Crippen molar-refractivity contribution in [3.8, 4) is 45.8 Å². The molecule has 15 nitrogen and oxygen atoms in total. The standard InChI is InChI=1S/C31H28N4O.C31H26N4O.C20H18N2O.C11H11BrN2.Pt/c2*1-21-18-22(2)35(33-21)23-10-9-11-24(19-23)36-25-15-16-27-29(20-25)34(30-14-7-8-17-32-30)28-13-6-5-12-26(28)31(27,3)4;1-20(2)15-7-3-4-8-17(15)22(19-9-5-6-12-21-19)18-13-14(23)10-11-16(18)20;1-8-6-9(2)14(13-8)11-5-3-4-10(12)7-11;/h5-20H,1-4H3;5-18H,1-4H3;3-13,23H,1-2H3;3-7H,1-2H3;/q;-2;;;+2. The summed E-state index contributed by atoms with van der Waals surface area (Å²) in [5.74, 6) is 5.60. The topological polar surface area (TPSA) is 141 Å². The van der Waals surface area contributed by atoms with Gasteiger partial charge in [0.2, 0.25) is 0 Å². The molecule has 0 bridgehead atoms. The van der Waals surface area contributed by atoms with Crippen molar-refractivity contribution in [1.29, 1.82) is 0 Å². The van der Waals surface area contributed by atoms with Gasteiger partial charge in [-0.2, -0.15) is 27.4 Å². The van der Waals surface area contributed by atoms with Crippen LogP contribution < -0.4 is 24.2 Å². The molecule has 18 rings (SSSR count). The van der Waals surface area contributed by atoms with E-state index in [4.69, 9.17) is 14.5 Å². The van der Waals surface area contributed by atoms with Gasteiger partial charge < -0.3 is 19.5 Å². The van der Waals surface area contributed by atoms with E-state index in [1.807, 2.05) is 200 Å². The number of phenols is 1. The number of anilines is 9. The number of rotatable bonds is 10. The number of para-hydroxylation sites is 3. The number of aryl methyl sites for hydroxylation is 6. The molecule has 0 unspecified atom stereocenters. The first-order valence-corrected chi connectivity index (χ1v) is 37.2. The van der Waals surface area contributed by atoms with Gasteiger partial charge in [-0.05, 0) is 196 Å². The predicted molar refractivity (Wildman–Crippen MR) is 439 cm³/mol. The second-order valence-electron chi connectivity index (χ2n) is 29.1. The van der Waals surface area contributed by atoms with Gasteiger partial charge in [0.05, 0.1) is 51.2 Å². The minimum absolute atomic E-state index is 0. The van der Waals surface area contributed by atoms with Crippen molar-refractivity contribution in [3.05, 3.63) is 364 Å². The number of nitrogens with zero attached hydrogens (tertiary/aromatic N) is 12. The van der Waals surface area contributed by atoms with Gasteiger partial charge in [-0.3, -0.25) is 14.5 Å². The molecule has 0 saturated carbocycles. The number of hydrogen-bond acceptors (Lipinski definition) is 12. The number of fused-ring (bicyclic) bond motifs is 6. The zero-order chi connectivity index (χ0) is 75.9. The van der Waals surface area contributed by atoms with E-state index in [1.165, 1.54) is 33.4 Å². The number of pyridine rings is 3. The van der Waals surface area contributed by atoms with E-state index in [9.17, 15) is 5.11 Å². The first-order chi connectivity index (χ1) is 52.6. The largest absolute Gasteiger partial charge is 2.00 e. The Bertz CT molecular complexity index is 5600. The normalized spacial score (nSPS) is 13.4. The number of aromatic nitrogens is 9. The minimum Gasteiger partial charge on any atom is -0.509 e. The van der Waals surface area contributed by atoms with Gasteiger partial charge in [-0.1, -0.05) is 160 Å². The minimum atomic E-state index is -0.201. The van der Waals surface area contributed by atoms with Crippen molar-refractivity contribution in [3.63, 3.8) is 0 Å². The maximum Gasteiger partial charge on any atom is 2.00 e. The van der Waals surface area contributed by atoms with Crippen LogP contribution in [0.5, 0.6) is 28.7 Å². The molecule has 9 heterocycles. The molecule has 3 aliphatic rings. The van der Waals surface area contributed by atoms with Gasteiger partial charge in [-0.15, -0.1) is 35.9 Å².